The van der Waals surface area contributed by atoms with E-state index < -0.39 is 0 Å². The van der Waals surface area contributed by atoms with Gasteiger partial charge in [0.2, 0.25) is 0 Å². The number of hydrogen-bond acceptors (Lipinski definition) is 3. The first-order valence-corrected chi connectivity index (χ1v) is 15.0. The maximum atomic E-state index is 4.57. The molecule has 0 aliphatic heterocycles. The van der Waals surface area contributed by atoms with Crippen molar-refractivity contribution in [2.24, 2.45) is 15.0 Å². The molecule has 10 heteroatoms. The number of guanidine groups is 3. The molecule has 0 radical (unpaired) electrons. The van der Waals surface area contributed by atoms with Crippen LogP contribution in [0.5, 0.6) is 0 Å². The molecule has 0 aliphatic carbocycles. The fourth-order valence-corrected chi connectivity index (χ4v) is 2.47. The van der Waals surface area contributed by atoms with Crippen LogP contribution in [0, 0.1) is 0 Å². The molecule has 0 atom stereocenters. The van der Waals surface area contributed by atoms with Crippen molar-refractivity contribution < 1.29 is 32.7 Å². The maximum Gasteiger partial charge on any atom is 3.00 e. The van der Waals surface area contributed by atoms with E-state index in [1.807, 2.05) is 57.0 Å². The van der Waals surface area contributed by atoms with Crippen LogP contribution < -0.4 is 0 Å². The first kappa shape index (κ1) is 48.8. The van der Waals surface area contributed by atoms with E-state index in [-0.39, 0.29) is 65.9 Å². The number of aliphatic imine (C=N–C) groups is 3. The summed E-state index contributed by atoms with van der Waals surface area (Å²) < 4.78 is 0. The molecule has 252 valence electrons. The maximum absolute atomic E-state index is 4.57. The smallest absolute Gasteiger partial charge is 0.432 e. The van der Waals surface area contributed by atoms with Crippen LogP contribution in [0.25, 0.3) is 16.0 Å². The third-order valence-corrected chi connectivity index (χ3v) is 3.81. The molecule has 0 bridgehead atoms. The SMILES string of the molecule is CN(C)C(=NC(C)(C)C)[N-]C(C)(C)C.CN(C)C(=NC(C)(C)C)[N-]C(C)(C)C.CN(C)C(=NC(C)(C)C)[N-]C(C)(C)C.[Y+3]. The predicted molar refractivity (Wildman–Crippen MR) is 192 cm³/mol. The Morgan fingerprint density at radius 1 is 0.349 bits per heavy atom. The zero-order valence-electron chi connectivity index (χ0n) is 33.1. The van der Waals surface area contributed by atoms with E-state index in [1.54, 1.807) is 0 Å². The van der Waals surface area contributed by atoms with Gasteiger partial charge in [0.1, 0.15) is 0 Å². The van der Waals surface area contributed by atoms with Crippen LogP contribution >= 0.6 is 0 Å². The molecule has 0 aromatic carbocycles. The zero-order valence-corrected chi connectivity index (χ0v) is 35.9. The molecule has 0 heterocycles. The normalized spacial score (nSPS) is 13.8. The molecule has 0 aromatic heterocycles. The molecular formula is C33H72N9Y. The Labute approximate surface area is 294 Å². The zero-order chi connectivity index (χ0) is 34.7. The minimum Gasteiger partial charge on any atom is -0.432 e. The average molecular weight is 684 g/mol. The largest absolute Gasteiger partial charge is 3.00 e. The molecule has 0 fully saturated rings. The fourth-order valence-electron chi connectivity index (χ4n) is 2.47. The van der Waals surface area contributed by atoms with Gasteiger partial charge in [-0.05, 0) is 75.5 Å². The molecule has 0 N–H and O–H groups in total. The van der Waals surface area contributed by atoms with Crippen molar-refractivity contribution in [3.8, 4) is 0 Å². The van der Waals surface area contributed by atoms with Gasteiger partial charge in [-0.2, -0.15) is 0 Å². The number of rotatable bonds is 0. The van der Waals surface area contributed by atoms with Gasteiger partial charge in [0, 0.05) is 17.9 Å². The van der Waals surface area contributed by atoms with Gasteiger partial charge in [-0.15, -0.1) is 0 Å². The van der Waals surface area contributed by atoms with Gasteiger partial charge in [0.25, 0.3) is 0 Å². The topological polar surface area (TPSA) is 89.1 Å². The molecule has 0 spiro atoms. The Bertz CT molecular complexity index is 732. The van der Waals surface area contributed by atoms with Crippen LogP contribution in [0.2, 0.25) is 0 Å². The van der Waals surface area contributed by atoms with Gasteiger partial charge in [-0.25, -0.2) is 0 Å². The summed E-state index contributed by atoms with van der Waals surface area (Å²) in [6.07, 6.45) is 0. The Morgan fingerprint density at radius 3 is 0.558 bits per heavy atom. The average Bonchev–Trinajstić information content (AvgIpc) is 2.60. The molecule has 0 unspecified atom stereocenters. The summed E-state index contributed by atoms with van der Waals surface area (Å²) in [6.45, 7) is 37.4. The first-order chi connectivity index (χ1) is 18.0. The van der Waals surface area contributed by atoms with E-state index in [1.165, 1.54) is 0 Å². The van der Waals surface area contributed by atoms with Gasteiger partial charge in [0.05, 0.1) is 0 Å². The van der Waals surface area contributed by atoms with Crippen molar-refractivity contribution in [2.75, 3.05) is 42.3 Å². The van der Waals surface area contributed by atoms with Crippen LogP contribution in [-0.2, 0) is 32.7 Å². The van der Waals surface area contributed by atoms with E-state index in [9.17, 15) is 0 Å². The minimum absolute atomic E-state index is 0. The van der Waals surface area contributed by atoms with Crippen molar-refractivity contribution in [3.63, 3.8) is 0 Å². The summed E-state index contributed by atoms with van der Waals surface area (Å²) >= 11 is 0. The summed E-state index contributed by atoms with van der Waals surface area (Å²) in [5.74, 6) is 2.43. The van der Waals surface area contributed by atoms with Gasteiger partial charge in [-0.1, -0.05) is 125 Å². The molecule has 0 aromatic rings. The van der Waals surface area contributed by atoms with Crippen molar-refractivity contribution >= 4 is 17.9 Å². The van der Waals surface area contributed by atoms with E-state index in [0.29, 0.717) is 0 Å². The van der Waals surface area contributed by atoms with Crippen molar-refractivity contribution in [1.29, 1.82) is 0 Å². The quantitative estimate of drug-likeness (QED) is 0.189. The van der Waals surface area contributed by atoms with Crippen LogP contribution in [0.4, 0.5) is 0 Å². The van der Waals surface area contributed by atoms with Crippen LogP contribution in [0.3, 0.4) is 0 Å². The van der Waals surface area contributed by atoms with E-state index in [4.69, 9.17) is 0 Å². The fraction of sp³-hybridized carbons (Fsp3) is 0.909. The molecule has 43 heavy (non-hydrogen) atoms. The molecular weight excluding hydrogens is 611 g/mol. The van der Waals surface area contributed by atoms with Crippen molar-refractivity contribution in [3.05, 3.63) is 16.0 Å². The molecule has 0 saturated carbocycles. The molecule has 0 amide bonds. The molecule has 9 nitrogen and oxygen atoms in total. The Kier molecular flexibility index (Phi) is 21.3. The monoisotopic (exact) mass is 683 g/mol. The second-order valence-electron chi connectivity index (χ2n) is 17.3. The molecule has 0 aliphatic rings. The first-order valence-electron chi connectivity index (χ1n) is 15.0. The van der Waals surface area contributed by atoms with Gasteiger partial charge >= 0.3 is 32.7 Å². The number of nitrogens with zero attached hydrogens (tertiary/aromatic N) is 9. The second kappa shape index (κ2) is 18.8. The summed E-state index contributed by atoms with van der Waals surface area (Å²) in [4.78, 5) is 19.6. The van der Waals surface area contributed by atoms with E-state index in [0.717, 1.165) is 17.9 Å². The van der Waals surface area contributed by atoms with E-state index in [2.05, 4.69) is 156 Å². The van der Waals surface area contributed by atoms with Crippen LogP contribution in [0.15, 0.2) is 15.0 Å². The Balaban J connectivity index is -0.000000262. The third kappa shape index (κ3) is 37.0. The summed E-state index contributed by atoms with van der Waals surface area (Å²) in [7, 11) is 11.8. The Hall–Kier alpha value is -1.09. The van der Waals surface area contributed by atoms with Crippen molar-refractivity contribution in [2.45, 2.75) is 158 Å². The van der Waals surface area contributed by atoms with E-state index >= 15 is 0 Å². The second-order valence-corrected chi connectivity index (χ2v) is 17.3. The summed E-state index contributed by atoms with van der Waals surface area (Å²) in [6, 6.07) is 0. The molecule has 0 rings (SSSR count). The summed E-state index contributed by atoms with van der Waals surface area (Å²) in [5.41, 5.74) is -0.450. The number of hydrogen-bond donors (Lipinski definition) is 0. The Morgan fingerprint density at radius 2 is 0.488 bits per heavy atom. The predicted octanol–water partition coefficient (Wildman–Crippen LogP) is 8.62. The molecule has 0 saturated heterocycles. The van der Waals surface area contributed by atoms with Gasteiger partial charge < -0.3 is 45.6 Å². The summed E-state index contributed by atoms with van der Waals surface area (Å²) in [5, 5.41) is 13.7. The van der Waals surface area contributed by atoms with Gasteiger partial charge in [0.15, 0.2) is 0 Å². The van der Waals surface area contributed by atoms with Crippen LogP contribution in [-0.4, -0.2) is 108 Å². The standard InChI is InChI=1S/3C11H24N3.Y/c3*1-10(2,3)12-9(14(7)8)13-11(4,5)6;/h3*1-8H3;/q3*-1;+3. The van der Waals surface area contributed by atoms with Crippen molar-refractivity contribution in [1.82, 2.24) is 14.7 Å². The van der Waals surface area contributed by atoms with Gasteiger partial charge in [-0.3, -0.25) is 0 Å². The minimum atomic E-state index is -0.0750. The van der Waals surface area contributed by atoms with Crippen LogP contribution in [0.1, 0.15) is 125 Å². The third-order valence-electron chi connectivity index (χ3n) is 3.81.